The molecule has 3 aromatic carbocycles. The van der Waals surface area contributed by atoms with Crippen LogP contribution in [0.3, 0.4) is 0 Å². The first-order chi connectivity index (χ1) is 34.6. The summed E-state index contributed by atoms with van der Waals surface area (Å²) in [6.45, 7) is 10.2. The number of fused-ring (bicyclic) bond motifs is 5. The van der Waals surface area contributed by atoms with Crippen molar-refractivity contribution in [2.24, 2.45) is 16.7 Å². The van der Waals surface area contributed by atoms with E-state index in [2.05, 4.69) is 10.6 Å². The third-order valence-electron chi connectivity index (χ3n) is 15.1. The highest BCUT2D eigenvalue weighted by Gasteiger charge is 2.78. The summed E-state index contributed by atoms with van der Waals surface area (Å²) in [5.74, 6) is -8.56. The summed E-state index contributed by atoms with van der Waals surface area (Å²) in [5.41, 5.74) is -7.57. The smallest absolute Gasteiger partial charge is 0.350 e. The van der Waals surface area contributed by atoms with Gasteiger partial charge in [0.1, 0.15) is 30.0 Å². The molecule has 1 saturated heterocycles. The number of benzene rings is 3. The highest BCUT2D eigenvalue weighted by atomic mass is 16.6. The quantitative estimate of drug-likeness (QED) is 0.0602. The Morgan fingerprint density at radius 3 is 2.01 bits per heavy atom. The molecule has 3 fully saturated rings. The van der Waals surface area contributed by atoms with Gasteiger partial charge in [-0.3, -0.25) is 28.8 Å². The molecular weight excluding hydrogens is 945 g/mol. The number of aliphatic hydroxyl groups is 2. The highest BCUT2D eigenvalue weighted by Crippen LogP contribution is 2.64. The molecule has 2 unspecified atom stereocenters. The molecule has 18 nitrogen and oxygen atoms in total. The van der Waals surface area contributed by atoms with E-state index in [1.165, 1.54) is 26.0 Å². The predicted molar refractivity (Wildman–Crippen MR) is 259 cm³/mol. The number of unbranched alkanes of at least 4 members (excludes halogenated alkanes) is 1. The molecule has 11 atom stereocenters. The Bertz CT molecular complexity index is 2620. The van der Waals surface area contributed by atoms with Gasteiger partial charge in [-0.05, 0) is 61.2 Å². The van der Waals surface area contributed by atoms with Crippen LogP contribution in [0.15, 0.2) is 102 Å². The molecule has 2 bridgehead atoms. The third kappa shape index (κ3) is 10.4. The maximum absolute atomic E-state index is 15.7. The average Bonchev–Trinajstić information content (AvgIpc) is 3.35. The first-order valence-electron chi connectivity index (χ1n) is 24.6. The number of Topliss-reactive ketones (excluding diaryl/α,β-unsaturated/α-hetero) is 1. The van der Waals surface area contributed by atoms with Gasteiger partial charge in [-0.15, -0.1) is 0 Å². The Labute approximate surface area is 423 Å². The Morgan fingerprint density at radius 2 is 1.44 bits per heavy atom. The first kappa shape index (κ1) is 54.0. The second kappa shape index (κ2) is 21.8. The zero-order valence-electron chi connectivity index (χ0n) is 42.0. The number of rotatable bonds is 17. The van der Waals surface area contributed by atoms with Crippen molar-refractivity contribution in [1.82, 2.24) is 10.6 Å². The van der Waals surface area contributed by atoms with Crippen molar-refractivity contribution in [3.63, 3.8) is 0 Å². The summed E-state index contributed by atoms with van der Waals surface area (Å²) in [6, 6.07) is 22.6. The molecule has 1 heterocycles. The van der Waals surface area contributed by atoms with Crippen LogP contribution in [0.2, 0.25) is 0 Å². The summed E-state index contributed by atoms with van der Waals surface area (Å²) in [4.78, 5) is 112. The number of nitrogens with one attached hydrogen (secondary N) is 2. The Kier molecular flexibility index (Phi) is 16.1. The number of carbonyl (C=O) groups excluding carboxylic acids is 8. The third-order valence-corrected chi connectivity index (χ3v) is 15.1. The lowest BCUT2D eigenvalue weighted by molar-refractivity contribution is -0.346. The summed E-state index contributed by atoms with van der Waals surface area (Å²) in [6.07, 6.45) is -10.2. The minimum absolute atomic E-state index is 0.0365. The van der Waals surface area contributed by atoms with Crippen LogP contribution >= 0.6 is 0 Å². The van der Waals surface area contributed by atoms with E-state index >= 15 is 9.59 Å². The molecule has 1 aliphatic heterocycles. The van der Waals surface area contributed by atoms with Crippen LogP contribution in [0.1, 0.15) is 119 Å². The fraction of sp³-hybridized carbons (Fsp3) is 0.491. The molecule has 18 heteroatoms. The molecule has 7 rings (SSSR count). The van der Waals surface area contributed by atoms with Crippen molar-refractivity contribution in [3.05, 3.63) is 119 Å². The second-order valence-corrected chi connectivity index (χ2v) is 20.0. The van der Waals surface area contributed by atoms with Crippen molar-refractivity contribution >= 4 is 47.4 Å². The maximum atomic E-state index is 15.7. The van der Waals surface area contributed by atoms with Crippen LogP contribution in [0.5, 0.6) is 0 Å². The molecular formula is C55H64N2O16. The van der Waals surface area contributed by atoms with Gasteiger partial charge in [0, 0.05) is 50.6 Å². The number of amides is 2. The molecule has 0 radical (unpaired) electrons. The number of aliphatic hydroxyl groups excluding tert-OH is 1. The standard InChI is InChI=1S/C55H64N2O16/c1-8-9-27-56-40(61)25-26-41(62)71-45(43(34-19-13-10-14-20-34)57-49(64)35-21-15-11-16-22-35)51(66)70-37-29-55(67)48(72-50(65)36-23-17-12-18-24-36)46-53(7,38(60)28-39-54(46,30-68-39)73-33(4)59)47(63)44(69-32(3)58)42(31(37)2)52(55,5)6/h10-24,37-39,43-46,48,60,67H,8-9,25-30H2,1-7H3,(H,56,61)(H,57,64)/t37?,38-,39+,43?,44+,45+,46-,48-,53+,54-,55+/m0/s1. The van der Waals surface area contributed by atoms with E-state index < -0.39 is 131 Å². The van der Waals surface area contributed by atoms with E-state index in [1.807, 2.05) is 6.92 Å². The van der Waals surface area contributed by atoms with Crippen molar-refractivity contribution in [1.29, 1.82) is 0 Å². The van der Waals surface area contributed by atoms with Crippen LogP contribution in [0.4, 0.5) is 0 Å². The molecule has 0 aromatic heterocycles. The maximum Gasteiger partial charge on any atom is 0.350 e. The van der Waals surface area contributed by atoms with E-state index in [9.17, 15) is 39.0 Å². The molecule has 3 aromatic rings. The largest absolute Gasteiger partial charge is 0.455 e. The molecule has 2 saturated carbocycles. The minimum Gasteiger partial charge on any atom is -0.455 e. The molecule has 4 aliphatic rings. The normalized spacial score (nSPS) is 28.6. The van der Waals surface area contributed by atoms with Crippen molar-refractivity contribution < 1.29 is 77.0 Å². The zero-order valence-corrected chi connectivity index (χ0v) is 42.0. The molecule has 2 amide bonds. The Hall–Kier alpha value is -6.76. The number of hydrogen-bond donors (Lipinski definition) is 4. The van der Waals surface area contributed by atoms with Gasteiger partial charge in [0.15, 0.2) is 17.5 Å². The van der Waals surface area contributed by atoms with Gasteiger partial charge in [-0.25, -0.2) is 9.59 Å². The van der Waals surface area contributed by atoms with Gasteiger partial charge >= 0.3 is 29.8 Å². The summed E-state index contributed by atoms with van der Waals surface area (Å²) >= 11 is 0. The van der Waals surface area contributed by atoms with Gasteiger partial charge in [-0.2, -0.15) is 0 Å². The number of hydrogen-bond acceptors (Lipinski definition) is 16. The van der Waals surface area contributed by atoms with E-state index in [4.69, 9.17) is 28.4 Å². The number of carbonyl (C=O) groups is 8. The van der Waals surface area contributed by atoms with Crippen molar-refractivity contribution in [3.8, 4) is 0 Å². The topological polar surface area (TPSA) is 256 Å². The van der Waals surface area contributed by atoms with Gasteiger partial charge in [0.2, 0.25) is 12.0 Å². The summed E-state index contributed by atoms with van der Waals surface area (Å²) in [7, 11) is 0. The lowest BCUT2D eigenvalue weighted by Crippen LogP contribution is -2.82. The summed E-state index contributed by atoms with van der Waals surface area (Å²) < 4.78 is 36.8. The number of esters is 5. The van der Waals surface area contributed by atoms with Crippen molar-refractivity contribution in [2.45, 2.75) is 141 Å². The van der Waals surface area contributed by atoms with Gasteiger partial charge in [-0.1, -0.05) is 93.9 Å². The Morgan fingerprint density at radius 1 is 0.822 bits per heavy atom. The van der Waals surface area contributed by atoms with Crippen molar-refractivity contribution in [2.75, 3.05) is 13.2 Å². The average molecular weight is 1010 g/mol. The molecule has 0 spiro atoms. The van der Waals surface area contributed by atoms with Crippen LogP contribution in [0, 0.1) is 16.7 Å². The molecule has 73 heavy (non-hydrogen) atoms. The van der Waals surface area contributed by atoms with Crippen LogP contribution in [-0.4, -0.2) is 119 Å². The lowest BCUT2D eigenvalue weighted by Gasteiger charge is -2.67. The van der Waals surface area contributed by atoms with Crippen LogP contribution in [0.25, 0.3) is 0 Å². The van der Waals surface area contributed by atoms with E-state index in [-0.39, 0.29) is 41.7 Å². The fourth-order valence-corrected chi connectivity index (χ4v) is 11.2. The summed E-state index contributed by atoms with van der Waals surface area (Å²) in [5, 5.41) is 31.7. The Balaban J connectivity index is 1.39. The van der Waals surface area contributed by atoms with Crippen LogP contribution < -0.4 is 10.6 Å². The zero-order chi connectivity index (χ0) is 53.0. The number of ether oxygens (including phenoxy) is 6. The predicted octanol–water partition coefficient (Wildman–Crippen LogP) is 4.98. The monoisotopic (exact) mass is 1010 g/mol. The fourth-order valence-electron chi connectivity index (χ4n) is 11.2. The van der Waals surface area contributed by atoms with E-state index in [0.717, 1.165) is 20.3 Å². The van der Waals surface area contributed by atoms with E-state index in [1.54, 1.807) is 92.7 Å². The molecule has 3 aliphatic carbocycles. The van der Waals surface area contributed by atoms with Gasteiger partial charge in [0.05, 0.1) is 36.0 Å². The lowest BCUT2D eigenvalue weighted by atomic mass is 9.44. The first-order valence-corrected chi connectivity index (χ1v) is 24.6. The van der Waals surface area contributed by atoms with E-state index in [0.29, 0.717) is 18.5 Å². The van der Waals surface area contributed by atoms with Crippen LogP contribution in [-0.2, 0) is 57.2 Å². The second-order valence-electron chi connectivity index (χ2n) is 20.0. The van der Waals surface area contributed by atoms with Gasteiger partial charge in [0.25, 0.3) is 5.91 Å². The minimum atomic E-state index is -2.48. The molecule has 4 N–H and O–H groups in total. The highest BCUT2D eigenvalue weighted by molar-refractivity contribution is 5.96. The molecule has 390 valence electrons. The van der Waals surface area contributed by atoms with Gasteiger partial charge < -0.3 is 49.3 Å². The number of ketones is 1. The SMILES string of the molecule is CCCCNC(=O)CCC(=O)O[C@@H](C(=O)OC1C[C@@]2(O)[C@@H](OC(=O)c3ccccc3)[C@@H]3[C@]4(OC(C)=O)CO[C@@H]4C[C@H](O)[C@@]3(C)C(=O)[C@H](OC(C)=O)C(=C1C)C2(C)C)C(NC(=O)c1ccccc1)c1ccccc1.